The third-order valence-corrected chi connectivity index (χ3v) is 3.50. The Bertz CT molecular complexity index is 442. The molecule has 1 fully saturated rings. The van der Waals surface area contributed by atoms with Crippen molar-refractivity contribution in [1.82, 2.24) is 0 Å². The maximum Gasteiger partial charge on any atom is 0.0992 e. The molecular weight excluding hydrogens is 236 g/mol. The van der Waals surface area contributed by atoms with Gasteiger partial charge in [0.15, 0.2) is 0 Å². The number of aliphatic hydroxyl groups excluding tert-OH is 1. The fourth-order valence-electron chi connectivity index (χ4n) is 2.27. The monoisotopic (exact) mass is 250 g/mol. The van der Waals surface area contributed by atoms with Gasteiger partial charge >= 0.3 is 0 Å². The molecule has 2 rings (SSSR count). The van der Waals surface area contributed by atoms with Crippen molar-refractivity contribution in [3.05, 3.63) is 28.8 Å². The van der Waals surface area contributed by atoms with Gasteiger partial charge in [-0.25, -0.2) is 0 Å². The lowest BCUT2D eigenvalue weighted by Gasteiger charge is -2.34. The van der Waals surface area contributed by atoms with Crippen LogP contribution in [0, 0.1) is 17.2 Å². The highest BCUT2D eigenvalue weighted by Gasteiger charge is 2.20. The van der Waals surface area contributed by atoms with Gasteiger partial charge in [0.05, 0.1) is 22.3 Å². The summed E-state index contributed by atoms with van der Waals surface area (Å²) in [7, 11) is 0. The number of rotatable bonds is 2. The van der Waals surface area contributed by atoms with E-state index in [0.29, 0.717) is 16.5 Å². The van der Waals surface area contributed by atoms with E-state index in [1.54, 1.807) is 12.1 Å². The van der Waals surface area contributed by atoms with Crippen LogP contribution in [0.3, 0.4) is 0 Å². The maximum atomic E-state index is 9.20. The van der Waals surface area contributed by atoms with Crippen LogP contribution in [0.4, 0.5) is 5.69 Å². The van der Waals surface area contributed by atoms with Crippen molar-refractivity contribution in [2.45, 2.75) is 12.8 Å². The summed E-state index contributed by atoms with van der Waals surface area (Å²) in [5, 5.41) is 18.6. The molecule has 0 aromatic heterocycles. The molecule has 0 aliphatic carbocycles. The zero-order valence-electron chi connectivity index (χ0n) is 9.56. The number of piperidine rings is 1. The fourth-order valence-corrected chi connectivity index (χ4v) is 2.57. The first-order valence-electron chi connectivity index (χ1n) is 5.80. The summed E-state index contributed by atoms with van der Waals surface area (Å²) in [6.45, 7) is 2.02. The number of hydrogen-bond acceptors (Lipinski definition) is 3. The first kappa shape index (κ1) is 12.2. The van der Waals surface area contributed by atoms with E-state index in [0.717, 1.165) is 31.6 Å². The zero-order chi connectivity index (χ0) is 12.3. The third-order valence-electron chi connectivity index (χ3n) is 3.19. The third kappa shape index (κ3) is 2.71. The Labute approximate surface area is 106 Å². The highest BCUT2D eigenvalue weighted by Crippen LogP contribution is 2.30. The lowest BCUT2D eigenvalue weighted by atomic mass is 9.98. The van der Waals surface area contributed by atoms with Crippen LogP contribution in [0.5, 0.6) is 0 Å². The second kappa shape index (κ2) is 5.39. The number of nitriles is 1. The highest BCUT2D eigenvalue weighted by molar-refractivity contribution is 6.33. The predicted octanol–water partition coefficient (Wildman–Crippen LogP) is 2.42. The second-order valence-electron chi connectivity index (χ2n) is 4.41. The van der Waals surface area contributed by atoms with E-state index >= 15 is 0 Å². The summed E-state index contributed by atoms with van der Waals surface area (Å²) < 4.78 is 0. The molecule has 1 saturated heterocycles. The molecule has 3 nitrogen and oxygen atoms in total. The van der Waals surface area contributed by atoms with E-state index in [1.165, 1.54) is 0 Å². The van der Waals surface area contributed by atoms with Gasteiger partial charge in [0.25, 0.3) is 0 Å². The van der Waals surface area contributed by atoms with Crippen molar-refractivity contribution in [2.75, 3.05) is 24.6 Å². The Balaban J connectivity index is 2.19. The molecule has 1 aliphatic heterocycles. The van der Waals surface area contributed by atoms with Crippen LogP contribution >= 0.6 is 11.6 Å². The minimum absolute atomic E-state index is 0.227. The van der Waals surface area contributed by atoms with Gasteiger partial charge in [0, 0.05) is 19.7 Å². The number of nitrogens with zero attached hydrogens (tertiary/aromatic N) is 2. The Kier molecular flexibility index (Phi) is 3.88. The van der Waals surface area contributed by atoms with Gasteiger partial charge < -0.3 is 10.0 Å². The summed E-state index contributed by atoms with van der Waals surface area (Å²) in [4.78, 5) is 2.19. The molecule has 1 atom stereocenters. The second-order valence-corrected chi connectivity index (χ2v) is 4.82. The average Bonchev–Trinajstić information content (AvgIpc) is 2.38. The van der Waals surface area contributed by atoms with Gasteiger partial charge in [-0.05, 0) is 37.0 Å². The number of anilines is 1. The Morgan fingerprint density at radius 3 is 3.00 bits per heavy atom. The van der Waals surface area contributed by atoms with E-state index in [9.17, 15) is 5.11 Å². The number of aliphatic hydroxyl groups is 1. The molecule has 0 spiro atoms. The molecule has 0 bridgehead atoms. The molecule has 90 valence electrons. The van der Waals surface area contributed by atoms with Crippen molar-refractivity contribution in [1.29, 1.82) is 5.26 Å². The van der Waals surface area contributed by atoms with Crippen LogP contribution in [0.1, 0.15) is 18.4 Å². The summed E-state index contributed by atoms with van der Waals surface area (Å²) in [5.41, 5.74) is 1.54. The van der Waals surface area contributed by atoms with Crippen LogP contribution in [0.2, 0.25) is 5.02 Å². The van der Waals surface area contributed by atoms with E-state index < -0.39 is 0 Å². The highest BCUT2D eigenvalue weighted by atomic mass is 35.5. The molecular formula is C13H15ClN2O. The van der Waals surface area contributed by atoms with Crippen molar-refractivity contribution in [2.24, 2.45) is 5.92 Å². The maximum absolute atomic E-state index is 9.20. The number of halogens is 1. The van der Waals surface area contributed by atoms with Gasteiger partial charge in [-0.2, -0.15) is 5.26 Å². The van der Waals surface area contributed by atoms with Gasteiger partial charge in [-0.1, -0.05) is 11.6 Å². The Morgan fingerprint density at radius 1 is 1.53 bits per heavy atom. The van der Waals surface area contributed by atoms with E-state index in [-0.39, 0.29) is 6.61 Å². The summed E-state index contributed by atoms with van der Waals surface area (Å²) in [5.74, 6) is 0.329. The number of hydrogen-bond donors (Lipinski definition) is 1. The smallest absolute Gasteiger partial charge is 0.0992 e. The SMILES string of the molecule is N#Cc1ccc(N2CCCC(CO)C2)c(Cl)c1. The average molecular weight is 251 g/mol. The quantitative estimate of drug-likeness (QED) is 0.877. The minimum atomic E-state index is 0.227. The molecule has 0 radical (unpaired) electrons. The topological polar surface area (TPSA) is 47.3 Å². The molecule has 0 amide bonds. The fraction of sp³-hybridized carbons (Fsp3) is 0.462. The largest absolute Gasteiger partial charge is 0.396 e. The molecule has 0 saturated carbocycles. The van der Waals surface area contributed by atoms with Crippen molar-refractivity contribution >= 4 is 17.3 Å². The zero-order valence-corrected chi connectivity index (χ0v) is 10.3. The molecule has 1 aliphatic rings. The van der Waals surface area contributed by atoms with Crippen LogP contribution in [-0.4, -0.2) is 24.8 Å². The van der Waals surface area contributed by atoms with E-state index in [1.807, 2.05) is 6.07 Å². The molecule has 1 aromatic carbocycles. The van der Waals surface area contributed by atoms with Crippen LogP contribution < -0.4 is 4.90 Å². The van der Waals surface area contributed by atoms with Crippen molar-refractivity contribution < 1.29 is 5.11 Å². The predicted molar refractivity (Wildman–Crippen MR) is 68.2 cm³/mol. The van der Waals surface area contributed by atoms with Crippen LogP contribution in [0.15, 0.2) is 18.2 Å². The van der Waals surface area contributed by atoms with Gasteiger partial charge in [0.1, 0.15) is 0 Å². The van der Waals surface area contributed by atoms with Crippen molar-refractivity contribution in [3.63, 3.8) is 0 Å². The summed E-state index contributed by atoms with van der Waals surface area (Å²) >= 11 is 6.18. The minimum Gasteiger partial charge on any atom is -0.396 e. The molecule has 17 heavy (non-hydrogen) atoms. The molecule has 1 N–H and O–H groups in total. The molecule has 4 heteroatoms. The van der Waals surface area contributed by atoms with E-state index in [2.05, 4.69) is 11.0 Å². The molecule has 1 aromatic rings. The van der Waals surface area contributed by atoms with Gasteiger partial charge in [-0.15, -0.1) is 0 Å². The summed E-state index contributed by atoms with van der Waals surface area (Å²) in [6.07, 6.45) is 2.14. The van der Waals surface area contributed by atoms with Gasteiger partial charge in [-0.3, -0.25) is 0 Å². The lowest BCUT2D eigenvalue weighted by Crippen LogP contribution is -2.36. The number of benzene rings is 1. The standard InChI is InChI=1S/C13H15ClN2O/c14-12-6-10(7-15)3-4-13(12)16-5-1-2-11(8-16)9-17/h3-4,6,11,17H,1-2,5,8-9H2. The van der Waals surface area contributed by atoms with Crippen LogP contribution in [0.25, 0.3) is 0 Å². The first-order chi connectivity index (χ1) is 8.24. The van der Waals surface area contributed by atoms with Crippen LogP contribution in [-0.2, 0) is 0 Å². The Morgan fingerprint density at radius 2 is 2.35 bits per heavy atom. The van der Waals surface area contributed by atoms with Crippen molar-refractivity contribution in [3.8, 4) is 6.07 Å². The first-order valence-corrected chi connectivity index (χ1v) is 6.18. The van der Waals surface area contributed by atoms with Gasteiger partial charge in [0.2, 0.25) is 0 Å². The molecule has 1 unspecified atom stereocenters. The Hall–Kier alpha value is -1.24. The van der Waals surface area contributed by atoms with E-state index in [4.69, 9.17) is 16.9 Å². The normalized spacial score (nSPS) is 20.1. The lowest BCUT2D eigenvalue weighted by molar-refractivity contribution is 0.209. The summed E-state index contributed by atoms with van der Waals surface area (Å²) in [6, 6.07) is 7.44. The molecule has 1 heterocycles.